The fourth-order valence-electron chi connectivity index (χ4n) is 3.99. The average Bonchev–Trinajstić information content (AvgIpc) is 2.79. The number of anilines is 2. The number of aliphatic hydroxyl groups excluding tert-OH is 1. The molecule has 2 atom stereocenters. The van der Waals surface area contributed by atoms with Gasteiger partial charge in [-0.15, -0.1) is 0 Å². The van der Waals surface area contributed by atoms with Gasteiger partial charge in [-0.2, -0.15) is 4.98 Å². The molecule has 10 heteroatoms. The van der Waals surface area contributed by atoms with E-state index in [2.05, 4.69) is 32.8 Å². The van der Waals surface area contributed by atoms with E-state index < -0.39 is 6.10 Å². The number of nitrogens with zero attached hydrogens (tertiary/aromatic N) is 3. The van der Waals surface area contributed by atoms with Gasteiger partial charge < -0.3 is 35.8 Å². The average molecular weight is 457 g/mol. The molecule has 10 nitrogen and oxygen atoms in total. The molecule has 0 aliphatic carbocycles. The van der Waals surface area contributed by atoms with Gasteiger partial charge in [-0.1, -0.05) is 13.0 Å². The van der Waals surface area contributed by atoms with Crippen LogP contribution in [0.15, 0.2) is 24.3 Å². The van der Waals surface area contributed by atoms with E-state index in [0.717, 1.165) is 24.1 Å². The van der Waals surface area contributed by atoms with Crippen molar-refractivity contribution < 1.29 is 19.7 Å². The first-order valence-corrected chi connectivity index (χ1v) is 11.4. The van der Waals surface area contributed by atoms with Crippen molar-refractivity contribution in [3.63, 3.8) is 0 Å². The van der Waals surface area contributed by atoms with Gasteiger partial charge in [0, 0.05) is 38.8 Å². The summed E-state index contributed by atoms with van der Waals surface area (Å²) in [6.07, 6.45) is 0.771. The molecule has 1 aromatic carbocycles. The molecule has 1 amide bonds. The number of phenols is 1. The molecular weight excluding hydrogens is 424 g/mol. The van der Waals surface area contributed by atoms with Crippen LogP contribution >= 0.6 is 0 Å². The molecule has 0 spiro atoms. The van der Waals surface area contributed by atoms with Crippen LogP contribution in [0.3, 0.4) is 0 Å². The number of carbonyl (C=O) groups excluding carboxylic acids is 1. The highest BCUT2D eigenvalue weighted by Gasteiger charge is 2.26. The molecule has 3 heterocycles. The Hall–Kier alpha value is -2.95. The van der Waals surface area contributed by atoms with Crippen molar-refractivity contribution in [2.75, 3.05) is 43.6 Å². The van der Waals surface area contributed by atoms with E-state index in [1.54, 1.807) is 18.2 Å². The number of aliphatic hydroxyl groups is 1. The molecule has 5 N–H and O–H groups in total. The van der Waals surface area contributed by atoms with Crippen molar-refractivity contribution in [3.05, 3.63) is 41.1 Å². The summed E-state index contributed by atoms with van der Waals surface area (Å²) in [7, 11) is 1.90. The molecule has 0 radical (unpaired) electrons. The van der Waals surface area contributed by atoms with Crippen molar-refractivity contribution in [1.29, 1.82) is 0 Å². The minimum absolute atomic E-state index is 0.0906. The maximum absolute atomic E-state index is 12.9. The zero-order valence-corrected chi connectivity index (χ0v) is 19.0. The first kappa shape index (κ1) is 23.2. The fraction of sp³-hybridized carbons (Fsp3) is 0.522. The number of hydrogen-bond acceptors (Lipinski definition) is 9. The predicted octanol–water partition coefficient (Wildman–Crippen LogP) is 0.644. The quantitative estimate of drug-likeness (QED) is 0.369. The molecule has 4 rings (SSSR count). The summed E-state index contributed by atoms with van der Waals surface area (Å²) < 4.78 is 5.21. The first-order chi connectivity index (χ1) is 15.9. The number of phenolic OH excluding ortho intramolecular Hbond substituents is 1. The number of carbonyl (C=O) groups is 1. The number of aromatic hydroxyl groups is 1. The van der Waals surface area contributed by atoms with Gasteiger partial charge in [0.25, 0.3) is 5.91 Å². The largest absolute Gasteiger partial charge is 0.508 e. The first-order valence-electron chi connectivity index (χ1n) is 11.4. The molecule has 1 aromatic heterocycles. The molecule has 0 saturated carbocycles. The Balaban J connectivity index is 1.40. The lowest BCUT2D eigenvalue weighted by Crippen LogP contribution is -2.49. The second-order valence-corrected chi connectivity index (χ2v) is 8.66. The molecule has 1 unspecified atom stereocenters. The van der Waals surface area contributed by atoms with Crippen molar-refractivity contribution >= 4 is 17.7 Å². The van der Waals surface area contributed by atoms with Crippen LogP contribution in [0, 0.1) is 0 Å². The number of amides is 1. The summed E-state index contributed by atoms with van der Waals surface area (Å²) in [6, 6.07) is 6.86. The van der Waals surface area contributed by atoms with Gasteiger partial charge in [-0.25, -0.2) is 4.98 Å². The van der Waals surface area contributed by atoms with Crippen molar-refractivity contribution in [1.82, 2.24) is 20.6 Å². The Kier molecular flexibility index (Phi) is 7.26. The molecule has 2 aliphatic heterocycles. The summed E-state index contributed by atoms with van der Waals surface area (Å²) >= 11 is 0. The highest BCUT2D eigenvalue weighted by molar-refractivity contribution is 5.93. The number of benzene rings is 1. The molecule has 1 saturated heterocycles. The maximum atomic E-state index is 12.9. The van der Waals surface area contributed by atoms with E-state index in [0.29, 0.717) is 37.9 Å². The molecule has 2 aliphatic rings. The number of nitrogens with one attached hydrogen (secondary N) is 3. The minimum atomic E-state index is -0.773. The summed E-state index contributed by atoms with van der Waals surface area (Å²) in [5, 5.41) is 29.7. The molecular formula is C23H32N6O4. The van der Waals surface area contributed by atoms with Crippen molar-refractivity contribution in [2.24, 2.45) is 0 Å². The smallest absolute Gasteiger partial charge is 0.270 e. The summed E-state index contributed by atoms with van der Waals surface area (Å²) in [5.74, 6) is 0.920. The number of aromatic nitrogens is 2. The highest BCUT2D eigenvalue weighted by atomic mass is 16.5. The molecule has 33 heavy (non-hydrogen) atoms. The standard InChI is InChI=1S/C23H32N6O4/c1-3-6-29(2)23-27-19(9-21(28-23)26-16-12-33-13-16)22(32)25-11-20(31)18-8-14-4-5-17(30)7-15(14)10-24-18/h4-5,7,9,16,18,20,24,30-31H,3,6,8,10-13H2,1-2H3,(H,25,32)(H,26,27,28)/t18-,20?/m0/s1. The van der Waals surface area contributed by atoms with Gasteiger partial charge in [-0.05, 0) is 36.1 Å². The van der Waals surface area contributed by atoms with E-state index >= 15 is 0 Å². The van der Waals surface area contributed by atoms with E-state index in [-0.39, 0.29) is 36.0 Å². The van der Waals surface area contributed by atoms with Crippen LogP contribution in [0.25, 0.3) is 0 Å². The zero-order chi connectivity index (χ0) is 23.4. The third-order valence-corrected chi connectivity index (χ3v) is 5.96. The van der Waals surface area contributed by atoms with Crippen LogP contribution < -0.4 is 20.9 Å². The molecule has 178 valence electrons. The third-order valence-electron chi connectivity index (χ3n) is 5.96. The van der Waals surface area contributed by atoms with Gasteiger partial charge in [0.05, 0.1) is 25.4 Å². The summed E-state index contributed by atoms with van der Waals surface area (Å²) in [6.45, 7) is 4.69. The SMILES string of the molecule is CCCN(C)c1nc(NC2COC2)cc(C(=O)NCC(O)[C@@H]2Cc3ccc(O)cc3CN2)n1. The Morgan fingerprint density at radius 2 is 2.12 bits per heavy atom. The molecule has 2 aromatic rings. The van der Waals surface area contributed by atoms with Crippen LogP contribution in [-0.4, -0.2) is 77.6 Å². The van der Waals surface area contributed by atoms with Crippen molar-refractivity contribution in [2.45, 2.75) is 44.5 Å². The van der Waals surface area contributed by atoms with Crippen LogP contribution in [0.5, 0.6) is 5.75 Å². The Labute approximate surface area is 193 Å². The van der Waals surface area contributed by atoms with Crippen LogP contribution in [-0.2, 0) is 17.7 Å². The highest BCUT2D eigenvalue weighted by Crippen LogP contribution is 2.22. The van der Waals surface area contributed by atoms with E-state index in [1.165, 1.54) is 0 Å². The number of fused-ring (bicyclic) bond motifs is 1. The van der Waals surface area contributed by atoms with Gasteiger partial charge in [0.2, 0.25) is 5.95 Å². The van der Waals surface area contributed by atoms with E-state index in [4.69, 9.17) is 4.74 Å². The summed E-state index contributed by atoms with van der Waals surface area (Å²) in [4.78, 5) is 23.8. The Morgan fingerprint density at radius 3 is 2.85 bits per heavy atom. The lowest BCUT2D eigenvalue weighted by molar-refractivity contribution is 0.0209. The van der Waals surface area contributed by atoms with E-state index in [9.17, 15) is 15.0 Å². The summed E-state index contributed by atoms with van der Waals surface area (Å²) in [5.41, 5.74) is 2.34. The van der Waals surface area contributed by atoms with Gasteiger partial charge in [0.15, 0.2) is 0 Å². The monoisotopic (exact) mass is 456 g/mol. The number of ether oxygens (including phenoxy) is 1. The van der Waals surface area contributed by atoms with Gasteiger partial charge in [-0.3, -0.25) is 4.79 Å². The second-order valence-electron chi connectivity index (χ2n) is 8.66. The van der Waals surface area contributed by atoms with Crippen LogP contribution in [0.1, 0.15) is 35.0 Å². The topological polar surface area (TPSA) is 132 Å². The number of rotatable bonds is 9. The van der Waals surface area contributed by atoms with Gasteiger partial charge >= 0.3 is 0 Å². The lowest BCUT2D eigenvalue weighted by Gasteiger charge is -2.30. The normalized spacial score (nSPS) is 18.7. The predicted molar refractivity (Wildman–Crippen MR) is 125 cm³/mol. The number of hydrogen-bond donors (Lipinski definition) is 5. The molecule has 0 bridgehead atoms. The van der Waals surface area contributed by atoms with Crippen LogP contribution in [0.2, 0.25) is 0 Å². The van der Waals surface area contributed by atoms with Gasteiger partial charge in [0.1, 0.15) is 17.3 Å². The minimum Gasteiger partial charge on any atom is -0.508 e. The van der Waals surface area contributed by atoms with Crippen molar-refractivity contribution in [3.8, 4) is 5.75 Å². The third kappa shape index (κ3) is 5.70. The fourth-order valence-corrected chi connectivity index (χ4v) is 3.99. The molecule has 1 fully saturated rings. The Bertz CT molecular complexity index is 983. The lowest BCUT2D eigenvalue weighted by atomic mass is 9.92. The van der Waals surface area contributed by atoms with E-state index in [1.807, 2.05) is 18.0 Å². The second kappa shape index (κ2) is 10.3. The zero-order valence-electron chi connectivity index (χ0n) is 19.0. The maximum Gasteiger partial charge on any atom is 0.270 e. The Morgan fingerprint density at radius 1 is 1.30 bits per heavy atom. The van der Waals surface area contributed by atoms with Crippen LogP contribution in [0.4, 0.5) is 11.8 Å².